The monoisotopic (exact) mass is 159 g/mol. The largest absolute Gasteiger partial charge is 0.256 e. The summed E-state index contributed by atoms with van der Waals surface area (Å²) >= 11 is 0. The van der Waals surface area contributed by atoms with Crippen LogP contribution in [0.25, 0.3) is 12.2 Å². The lowest BCUT2D eigenvalue weighted by Gasteiger charge is -1.85. The maximum Gasteiger partial charge on any atom is 0.0698 e. The molecule has 1 rings (SSSR count). The first-order chi connectivity index (χ1) is 5.88. The Morgan fingerprint density at radius 2 is 2.17 bits per heavy atom. The van der Waals surface area contributed by atoms with Gasteiger partial charge in [0, 0.05) is 6.20 Å². The van der Waals surface area contributed by atoms with Crippen LogP contribution in [-0.2, 0) is 0 Å². The van der Waals surface area contributed by atoms with E-state index in [1.54, 1.807) is 0 Å². The normalized spacial score (nSPS) is 14.5. The second-order valence-electron chi connectivity index (χ2n) is 2.46. The lowest BCUT2D eigenvalue weighted by atomic mass is 10.3. The van der Waals surface area contributed by atoms with E-state index >= 15 is 0 Å². The van der Waals surface area contributed by atoms with E-state index in [4.69, 9.17) is 0 Å². The average molecular weight is 159 g/mol. The van der Waals surface area contributed by atoms with Crippen LogP contribution in [0.1, 0.15) is 13.8 Å². The van der Waals surface area contributed by atoms with Crippen LogP contribution in [0, 0.1) is 0 Å². The molecule has 0 aliphatic rings. The smallest absolute Gasteiger partial charge is 0.0698 e. The molecule has 0 bridgehead atoms. The summed E-state index contributed by atoms with van der Waals surface area (Å²) in [4.78, 5) is 4.25. The van der Waals surface area contributed by atoms with E-state index < -0.39 is 0 Å². The number of rotatable bonds is 1. The van der Waals surface area contributed by atoms with Crippen LogP contribution in [-0.4, -0.2) is 4.98 Å². The van der Waals surface area contributed by atoms with Gasteiger partial charge in [0.15, 0.2) is 0 Å². The van der Waals surface area contributed by atoms with Gasteiger partial charge in [-0.15, -0.1) is 0 Å². The fourth-order valence-electron chi connectivity index (χ4n) is 1.00. The molecule has 12 heavy (non-hydrogen) atoms. The molecule has 1 aromatic heterocycles. The van der Waals surface area contributed by atoms with E-state index in [0.29, 0.717) is 0 Å². The maximum atomic E-state index is 4.25. The standard InChI is InChI=1S/C11H13N/c1-3-5-8-11-10(4-2)7-6-9-12-11/h3-9H,1-2H3/b5-3-,10-4?,11-8+. The fourth-order valence-corrected chi connectivity index (χ4v) is 1.00. The number of nitrogens with zero attached hydrogens (tertiary/aromatic N) is 1. The summed E-state index contributed by atoms with van der Waals surface area (Å²) in [6.45, 7) is 4.01. The molecule has 1 aromatic rings. The van der Waals surface area contributed by atoms with E-state index in [-0.39, 0.29) is 0 Å². The first-order valence-electron chi connectivity index (χ1n) is 4.09. The third kappa shape index (κ3) is 2.06. The van der Waals surface area contributed by atoms with Crippen LogP contribution in [0.2, 0.25) is 0 Å². The lowest BCUT2D eigenvalue weighted by Crippen LogP contribution is -2.26. The van der Waals surface area contributed by atoms with Crippen molar-refractivity contribution in [2.24, 2.45) is 0 Å². The van der Waals surface area contributed by atoms with Gasteiger partial charge in [0.05, 0.1) is 5.35 Å². The quantitative estimate of drug-likeness (QED) is 0.600. The van der Waals surface area contributed by atoms with Gasteiger partial charge >= 0.3 is 0 Å². The summed E-state index contributed by atoms with van der Waals surface area (Å²) in [6, 6.07) is 4.00. The summed E-state index contributed by atoms with van der Waals surface area (Å²) in [6.07, 6.45) is 9.86. The SMILES string of the molecule is CC=c1cccn/c1=C/C=C\C. The molecule has 0 unspecified atom stereocenters. The van der Waals surface area contributed by atoms with Gasteiger partial charge < -0.3 is 0 Å². The van der Waals surface area contributed by atoms with Crippen molar-refractivity contribution in [3.63, 3.8) is 0 Å². The van der Waals surface area contributed by atoms with E-state index in [2.05, 4.69) is 17.1 Å². The third-order valence-electron chi connectivity index (χ3n) is 1.63. The topological polar surface area (TPSA) is 12.9 Å². The zero-order valence-corrected chi connectivity index (χ0v) is 7.49. The maximum absolute atomic E-state index is 4.25. The van der Waals surface area contributed by atoms with Crippen LogP contribution < -0.4 is 10.6 Å². The van der Waals surface area contributed by atoms with Gasteiger partial charge in [-0.05, 0) is 31.2 Å². The Balaban J connectivity index is 3.33. The summed E-state index contributed by atoms with van der Waals surface area (Å²) < 4.78 is 0. The molecule has 0 spiro atoms. The molecule has 1 heteroatoms. The first kappa shape index (κ1) is 8.72. The molecular weight excluding hydrogens is 146 g/mol. The molecule has 0 fully saturated rings. The molecule has 0 N–H and O–H groups in total. The second-order valence-corrected chi connectivity index (χ2v) is 2.46. The van der Waals surface area contributed by atoms with Crippen molar-refractivity contribution in [3.8, 4) is 0 Å². The Morgan fingerprint density at radius 3 is 2.83 bits per heavy atom. The van der Waals surface area contributed by atoms with E-state index in [0.717, 1.165) is 5.35 Å². The van der Waals surface area contributed by atoms with Crippen LogP contribution in [0.15, 0.2) is 30.5 Å². The summed E-state index contributed by atoms with van der Waals surface area (Å²) in [5.41, 5.74) is 0. The van der Waals surface area contributed by atoms with Gasteiger partial charge in [-0.25, -0.2) is 0 Å². The molecular formula is C11H13N. The van der Waals surface area contributed by atoms with Crippen molar-refractivity contribution in [2.75, 3.05) is 0 Å². The predicted molar refractivity (Wildman–Crippen MR) is 52.9 cm³/mol. The summed E-state index contributed by atoms with van der Waals surface area (Å²) in [7, 11) is 0. The van der Waals surface area contributed by atoms with Gasteiger partial charge in [0.1, 0.15) is 0 Å². The minimum absolute atomic E-state index is 1.03. The number of aromatic nitrogens is 1. The highest BCUT2D eigenvalue weighted by Crippen LogP contribution is 1.71. The first-order valence-corrected chi connectivity index (χ1v) is 4.09. The molecule has 1 nitrogen and oxygen atoms in total. The van der Waals surface area contributed by atoms with Gasteiger partial charge in [-0.2, -0.15) is 0 Å². The number of allylic oxidation sites excluding steroid dienone is 2. The molecule has 0 aliphatic heterocycles. The third-order valence-corrected chi connectivity index (χ3v) is 1.63. The summed E-state index contributed by atoms with van der Waals surface area (Å²) in [5, 5.41) is 2.20. The van der Waals surface area contributed by atoms with Crippen LogP contribution in [0.4, 0.5) is 0 Å². The molecule has 0 atom stereocenters. The Morgan fingerprint density at radius 1 is 1.33 bits per heavy atom. The van der Waals surface area contributed by atoms with Crippen LogP contribution in [0.3, 0.4) is 0 Å². The van der Waals surface area contributed by atoms with E-state index in [1.807, 2.05) is 44.3 Å². The van der Waals surface area contributed by atoms with E-state index in [1.165, 1.54) is 5.22 Å². The number of hydrogen-bond acceptors (Lipinski definition) is 1. The molecule has 0 aliphatic carbocycles. The fraction of sp³-hybridized carbons (Fsp3) is 0.182. The number of pyridine rings is 1. The summed E-state index contributed by atoms with van der Waals surface area (Å²) in [5.74, 6) is 0. The van der Waals surface area contributed by atoms with E-state index in [9.17, 15) is 0 Å². The molecule has 0 aromatic carbocycles. The Hall–Kier alpha value is -1.37. The van der Waals surface area contributed by atoms with Crippen molar-refractivity contribution < 1.29 is 0 Å². The van der Waals surface area contributed by atoms with Gasteiger partial charge in [-0.1, -0.05) is 24.3 Å². The van der Waals surface area contributed by atoms with Crippen molar-refractivity contribution in [2.45, 2.75) is 13.8 Å². The zero-order valence-electron chi connectivity index (χ0n) is 7.49. The highest BCUT2D eigenvalue weighted by Gasteiger charge is 1.79. The van der Waals surface area contributed by atoms with Crippen molar-refractivity contribution in [3.05, 3.63) is 41.0 Å². The molecule has 0 saturated heterocycles. The second kappa shape index (κ2) is 4.50. The van der Waals surface area contributed by atoms with Crippen molar-refractivity contribution >= 4 is 12.2 Å². The predicted octanol–water partition coefficient (Wildman–Crippen LogP) is 1.24. The van der Waals surface area contributed by atoms with Crippen molar-refractivity contribution in [1.82, 2.24) is 4.98 Å². The zero-order chi connectivity index (χ0) is 8.81. The molecule has 62 valence electrons. The Labute approximate surface area is 72.8 Å². The number of hydrogen-bond donors (Lipinski definition) is 0. The molecule has 0 amide bonds. The van der Waals surface area contributed by atoms with Crippen molar-refractivity contribution in [1.29, 1.82) is 0 Å². The minimum Gasteiger partial charge on any atom is -0.256 e. The van der Waals surface area contributed by atoms with Gasteiger partial charge in [0.2, 0.25) is 0 Å². The lowest BCUT2D eigenvalue weighted by molar-refractivity contribution is 1.22. The van der Waals surface area contributed by atoms with Crippen LogP contribution in [0.5, 0.6) is 0 Å². The van der Waals surface area contributed by atoms with Gasteiger partial charge in [-0.3, -0.25) is 4.98 Å². The minimum atomic E-state index is 1.03. The van der Waals surface area contributed by atoms with Crippen LogP contribution >= 0.6 is 0 Å². The molecule has 1 heterocycles. The highest BCUT2D eigenvalue weighted by atomic mass is 14.6. The molecule has 0 saturated carbocycles. The highest BCUT2D eigenvalue weighted by molar-refractivity contribution is 5.36. The Bertz CT molecular complexity index is 374. The average Bonchev–Trinajstić information content (AvgIpc) is 2.15. The Kier molecular flexibility index (Phi) is 3.27. The molecule has 0 radical (unpaired) electrons. The van der Waals surface area contributed by atoms with Gasteiger partial charge in [0.25, 0.3) is 0 Å².